The van der Waals surface area contributed by atoms with Gasteiger partial charge < -0.3 is 9.14 Å². The Balaban J connectivity index is 1.89. The lowest BCUT2D eigenvalue weighted by molar-refractivity contribution is 0.409. The maximum absolute atomic E-state index is 5.41. The second-order valence-corrected chi connectivity index (χ2v) is 5.84. The zero-order valence-electron chi connectivity index (χ0n) is 12.1. The molecular weight excluding hydrogens is 328 g/mol. The van der Waals surface area contributed by atoms with Crippen LogP contribution in [0.25, 0.3) is 5.52 Å². The molecule has 0 amide bonds. The van der Waals surface area contributed by atoms with Crippen molar-refractivity contribution >= 4 is 21.4 Å². The van der Waals surface area contributed by atoms with Crippen LogP contribution in [0.2, 0.25) is 0 Å². The maximum atomic E-state index is 5.41. The van der Waals surface area contributed by atoms with Crippen LogP contribution in [0.15, 0.2) is 47.2 Å². The molecule has 3 aromatic rings. The number of nitrogens with zero attached hydrogens (tertiary/aromatic N) is 2. The van der Waals surface area contributed by atoms with E-state index in [0.29, 0.717) is 0 Å². The first-order chi connectivity index (χ1) is 10.2. The molecule has 21 heavy (non-hydrogen) atoms. The molecule has 4 heteroatoms. The Bertz CT molecular complexity index is 780. The number of methoxy groups -OCH3 is 1. The van der Waals surface area contributed by atoms with Crippen LogP contribution in [-0.4, -0.2) is 16.5 Å². The Morgan fingerprint density at radius 2 is 2.00 bits per heavy atom. The summed E-state index contributed by atoms with van der Waals surface area (Å²) in [6, 6.07) is 12.4. The fourth-order valence-corrected chi connectivity index (χ4v) is 3.06. The first-order valence-corrected chi connectivity index (χ1v) is 7.73. The van der Waals surface area contributed by atoms with Crippen molar-refractivity contribution in [2.75, 3.05) is 7.11 Å². The molecule has 1 aromatic carbocycles. The molecule has 108 valence electrons. The molecule has 0 aliphatic carbocycles. The van der Waals surface area contributed by atoms with E-state index in [1.54, 1.807) is 7.11 Å². The molecular formula is C17H17BrN2O. The van der Waals surface area contributed by atoms with Gasteiger partial charge in [-0.2, -0.15) is 0 Å². The first kappa shape index (κ1) is 14.1. The average molecular weight is 345 g/mol. The van der Waals surface area contributed by atoms with Crippen molar-refractivity contribution in [1.29, 1.82) is 0 Å². The summed E-state index contributed by atoms with van der Waals surface area (Å²) in [7, 11) is 1.71. The molecule has 0 aliphatic rings. The minimum Gasteiger partial charge on any atom is -0.496 e. The van der Waals surface area contributed by atoms with E-state index >= 15 is 0 Å². The number of ether oxygens (including phenoxy) is 1. The lowest BCUT2D eigenvalue weighted by Crippen LogP contribution is -1.99. The van der Waals surface area contributed by atoms with Crippen LogP contribution < -0.4 is 4.74 Å². The van der Waals surface area contributed by atoms with E-state index in [1.807, 2.05) is 18.2 Å². The standard InChI is InChI=1S/C17H17BrN2O/c1-12-9-10-20-14(11-12)17(18)19-16(20)8-7-13-5-3-4-6-15(13)21-2/h3-6,9-11H,7-8H2,1-2H3. The number of aromatic nitrogens is 2. The van der Waals surface area contributed by atoms with E-state index in [-0.39, 0.29) is 0 Å². The van der Waals surface area contributed by atoms with Gasteiger partial charge in [-0.1, -0.05) is 18.2 Å². The molecule has 0 N–H and O–H groups in total. The number of fused-ring (bicyclic) bond motifs is 1. The number of hydrogen-bond acceptors (Lipinski definition) is 2. The van der Waals surface area contributed by atoms with Crippen LogP contribution in [-0.2, 0) is 12.8 Å². The number of rotatable bonds is 4. The number of hydrogen-bond donors (Lipinski definition) is 0. The quantitative estimate of drug-likeness (QED) is 0.709. The van der Waals surface area contributed by atoms with Gasteiger partial charge in [0.1, 0.15) is 16.2 Å². The molecule has 2 heterocycles. The van der Waals surface area contributed by atoms with Gasteiger partial charge in [0.2, 0.25) is 0 Å². The molecule has 0 fully saturated rings. The third-order valence-electron chi connectivity index (χ3n) is 3.64. The van der Waals surface area contributed by atoms with Gasteiger partial charge in [0.15, 0.2) is 0 Å². The van der Waals surface area contributed by atoms with E-state index in [0.717, 1.165) is 34.5 Å². The predicted octanol–water partition coefficient (Wildman–Crippen LogP) is 4.20. The normalized spacial score (nSPS) is 11.0. The summed E-state index contributed by atoms with van der Waals surface area (Å²) in [5, 5.41) is 0. The molecule has 0 unspecified atom stereocenters. The van der Waals surface area contributed by atoms with Crippen molar-refractivity contribution in [3.05, 3.63) is 64.1 Å². The van der Waals surface area contributed by atoms with Crippen molar-refractivity contribution in [2.24, 2.45) is 0 Å². The van der Waals surface area contributed by atoms with Crippen molar-refractivity contribution in [3.63, 3.8) is 0 Å². The number of benzene rings is 1. The molecule has 2 aromatic heterocycles. The average Bonchev–Trinajstić information content (AvgIpc) is 2.81. The predicted molar refractivity (Wildman–Crippen MR) is 88.0 cm³/mol. The van der Waals surface area contributed by atoms with Crippen LogP contribution in [0, 0.1) is 6.92 Å². The second kappa shape index (κ2) is 5.90. The van der Waals surface area contributed by atoms with Crippen molar-refractivity contribution in [3.8, 4) is 5.75 Å². The van der Waals surface area contributed by atoms with E-state index in [4.69, 9.17) is 4.74 Å². The topological polar surface area (TPSA) is 26.5 Å². The summed E-state index contributed by atoms with van der Waals surface area (Å²) in [5.74, 6) is 2.00. The zero-order chi connectivity index (χ0) is 14.8. The summed E-state index contributed by atoms with van der Waals surface area (Å²) < 4.78 is 8.45. The fourth-order valence-electron chi connectivity index (χ4n) is 2.55. The Morgan fingerprint density at radius 3 is 2.81 bits per heavy atom. The van der Waals surface area contributed by atoms with Crippen LogP contribution >= 0.6 is 15.9 Å². The van der Waals surface area contributed by atoms with Crippen molar-refractivity contribution in [1.82, 2.24) is 9.38 Å². The monoisotopic (exact) mass is 344 g/mol. The van der Waals surface area contributed by atoms with Crippen LogP contribution in [0.5, 0.6) is 5.75 Å². The van der Waals surface area contributed by atoms with E-state index in [9.17, 15) is 0 Å². The van der Waals surface area contributed by atoms with Crippen molar-refractivity contribution < 1.29 is 4.74 Å². The number of aryl methyl sites for hydroxylation is 3. The van der Waals surface area contributed by atoms with E-state index in [1.165, 1.54) is 11.1 Å². The third kappa shape index (κ3) is 2.81. The number of para-hydroxylation sites is 1. The van der Waals surface area contributed by atoms with E-state index in [2.05, 4.69) is 56.6 Å². The third-order valence-corrected chi connectivity index (χ3v) is 4.22. The van der Waals surface area contributed by atoms with Gasteiger partial charge in [0.25, 0.3) is 0 Å². The van der Waals surface area contributed by atoms with Crippen LogP contribution in [0.4, 0.5) is 0 Å². The molecule has 3 rings (SSSR count). The Labute approximate surface area is 132 Å². The summed E-state index contributed by atoms with van der Waals surface area (Å²) in [6.45, 7) is 2.09. The van der Waals surface area contributed by atoms with Crippen molar-refractivity contribution in [2.45, 2.75) is 19.8 Å². The summed E-state index contributed by atoms with van der Waals surface area (Å²) in [5.41, 5.74) is 3.56. The Morgan fingerprint density at radius 1 is 1.19 bits per heavy atom. The van der Waals surface area contributed by atoms with Gasteiger partial charge in [-0.3, -0.25) is 0 Å². The maximum Gasteiger partial charge on any atom is 0.132 e. The summed E-state index contributed by atoms with van der Waals surface area (Å²) >= 11 is 3.55. The molecule has 3 nitrogen and oxygen atoms in total. The Kier molecular flexibility index (Phi) is 3.97. The molecule has 0 atom stereocenters. The number of halogens is 1. The number of imidazole rings is 1. The molecule has 0 bridgehead atoms. The van der Waals surface area contributed by atoms with Gasteiger partial charge >= 0.3 is 0 Å². The highest BCUT2D eigenvalue weighted by atomic mass is 79.9. The molecule has 0 saturated heterocycles. The van der Waals surface area contributed by atoms with Gasteiger partial charge in [-0.15, -0.1) is 0 Å². The highest BCUT2D eigenvalue weighted by molar-refractivity contribution is 9.10. The summed E-state index contributed by atoms with van der Waals surface area (Å²) in [4.78, 5) is 4.64. The largest absolute Gasteiger partial charge is 0.496 e. The fraction of sp³-hybridized carbons (Fsp3) is 0.235. The van der Waals surface area contributed by atoms with Gasteiger partial charge in [0.05, 0.1) is 12.6 Å². The summed E-state index contributed by atoms with van der Waals surface area (Å²) in [6.07, 6.45) is 3.86. The lowest BCUT2D eigenvalue weighted by Gasteiger charge is -2.07. The van der Waals surface area contributed by atoms with Crippen LogP contribution in [0.1, 0.15) is 17.0 Å². The molecule has 0 radical (unpaired) electrons. The SMILES string of the molecule is COc1ccccc1CCc1nc(Br)c2cc(C)ccn12. The Hall–Kier alpha value is -1.81. The van der Waals surface area contributed by atoms with Gasteiger partial charge in [-0.05, 0) is 58.6 Å². The molecule has 0 aliphatic heterocycles. The number of pyridine rings is 1. The smallest absolute Gasteiger partial charge is 0.132 e. The second-order valence-electron chi connectivity index (χ2n) is 5.09. The molecule has 0 spiro atoms. The minimum absolute atomic E-state index is 0.871. The van der Waals surface area contributed by atoms with E-state index < -0.39 is 0 Å². The zero-order valence-corrected chi connectivity index (χ0v) is 13.7. The highest BCUT2D eigenvalue weighted by Gasteiger charge is 2.10. The molecule has 0 saturated carbocycles. The van der Waals surface area contributed by atoms with Gasteiger partial charge in [0, 0.05) is 12.6 Å². The highest BCUT2D eigenvalue weighted by Crippen LogP contribution is 2.23. The van der Waals surface area contributed by atoms with Crippen LogP contribution in [0.3, 0.4) is 0 Å². The minimum atomic E-state index is 0.871. The van der Waals surface area contributed by atoms with Gasteiger partial charge in [-0.25, -0.2) is 4.98 Å². The lowest BCUT2D eigenvalue weighted by atomic mass is 10.1. The first-order valence-electron chi connectivity index (χ1n) is 6.94.